The largest absolute Gasteiger partial charge is 0.416 e. The molecule has 1 fully saturated rings. The number of halogens is 4. The molecule has 1 saturated heterocycles. The van der Waals surface area contributed by atoms with Gasteiger partial charge in [0, 0.05) is 19.3 Å². The van der Waals surface area contributed by atoms with E-state index in [0.717, 1.165) is 30.5 Å². The molecule has 0 aliphatic carbocycles. The molecule has 4 nitrogen and oxygen atoms in total. The molecule has 2 atom stereocenters. The van der Waals surface area contributed by atoms with Gasteiger partial charge in [0.15, 0.2) is 0 Å². The molecule has 1 amide bonds. The fourth-order valence-electron chi connectivity index (χ4n) is 2.97. The molecular formula is C16H19F4NO3S. The van der Waals surface area contributed by atoms with E-state index in [2.05, 4.69) is 0 Å². The summed E-state index contributed by atoms with van der Waals surface area (Å²) in [6.07, 6.45) is -4.30. The summed E-state index contributed by atoms with van der Waals surface area (Å²) in [7, 11) is -3.20. The van der Waals surface area contributed by atoms with Gasteiger partial charge in [-0.05, 0) is 36.5 Å². The van der Waals surface area contributed by atoms with Gasteiger partial charge in [-0.1, -0.05) is 12.1 Å². The topological polar surface area (TPSA) is 54.5 Å². The Bertz CT molecular complexity index is 716. The number of nitrogens with zero attached hydrogens (tertiary/aromatic N) is 1. The molecule has 0 spiro atoms. The average molecular weight is 381 g/mol. The van der Waals surface area contributed by atoms with E-state index < -0.39 is 33.7 Å². The zero-order valence-corrected chi connectivity index (χ0v) is 14.4. The number of hydrogen-bond donors (Lipinski definition) is 0. The van der Waals surface area contributed by atoms with E-state index >= 15 is 0 Å². The molecule has 0 N–H and O–H groups in total. The lowest BCUT2D eigenvalue weighted by Crippen LogP contribution is -2.43. The van der Waals surface area contributed by atoms with Crippen molar-refractivity contribution in [2.45, 2.75) is 25.2 Å². The highest BCUT2D eigenvalue weighted by molar-refractivity contribution is 7.90. The third-order valence-electron chi connectivity index (χ3n) is 4.12. The molecule has 25 heavy (non-hydrogen) atoms. The number of amides is 1. The Kier molecular flexibility index (Phi) is 5.75. The molecule has 140 valence electrons. The van der Waals surface area contributed by atoms with Crippen molar-refractivity contribution in [3.63, 3.8) is 0 Å². The van der Waals surface area contributed by atoms with Crippen LogP contribution in [0, 0.1) is 5.92 Å². The second-order valence-electron chi connectivity index (χ2n) is 6.37. The maximum Gasteiger partial charge on any atom is 0.416 e. The second-order valence-corrected chi connectivity index (χ2v) is 8.55. The molecule has 9 heteroatoms. The van der Waals surface area contributed by atoms with E-state index in [4.69, 9.17) is 0 Å². The molecule has 1 aromatic carbocycles. The first-order valence-electron chi connectivity index (χ1n) is 7.75. The minimum absolute atomic E-state index is 0.0754. The van der Waals surface area contributed by atoms with Crippen molar-refractivity contribution in [2.75, 3.05) is 25.1 Å². The molecule has 2 unspecified atom stereocenters. The third-order valence-corrected chi connectivity index (χ3v) is 5.19. The van der Waals surface area contributed by atoms with Crippen molar-refractivity contribution in [3.8, 4) is 0 Å². The zero-order valence-electron chi connectivity index (χ0n) is 13.6. The summed E-state index contributed by atoms with van der Waals surface area (Å²) in [4.78, 5) is 13.5. The van der Waals surface area contributed by atoms with E-state index in [9.17, 15) is 30.8 Å². The van der Waals surface area contributed by atoms with E-state index in [-0.39, 0.29) is 23.8 Å². The number of sulfone groups is 1. The number of benzene rings is 1. The van der Waals surface area contributed by atoms with Gasteiger partial charge in [-0.15, -0.1) is 0 Å². The summed E-state index contributed by atoms with van der Waals surface area (Å²) in [6, 6.07) is 3.36. The lowest BCUT2D eigenvalue weighted by Gasteiger charge is -2.33. The average Bonchev–Trinajstić information content (AvgIpc) is 2.51. The number of rotatable bonds is 4. The lowest BCUT2D eigenvalue weighted by molar-refractivity contribution is -0.138. The first-order chi connectivity index (χ1) is 11.5. The Morgan fingerprint density at radius 3 is 2.40 bits per heavy atom. The van der Waals surface area contributed by atoms with E-state index in [1.54, 1.807) is 0 Å². The highest BCUT2D eigenvalue weighted by Gasteiger charge is 2.33. The van der Waals surface area contributed by atoms with Crippen LogP contribution in [0.2, 0.25) is 0 Å². The maximum absolute atomic E-state index is 14.4. The van der Waals surface area contributed by atoms with E-state index in [1.807, 2.05) is 0 Å². The summed E-state index contributed by atoms with van der Waals surface area (Å²) < 4.78 is 74.8. The van der Waals surface area contributed by atoms with Gasteiger partial charge in [-0.25, -0.2) is 12.8 Å². The SMILES string of the molecule is CS(=O)(=O)CC1CCCN(C(=O)C(F)c2ccc(C(F)(F)F)cc2)C1. The minimum atomic E-state index is -4.53. The summed E-state index contributed by atoms with van der Waals surface area (Å²) >= 11 is 0. The molecule has 0 aromatic heterocycles. The Morgan fingerprint density at radius 1 is 1.28 bits per heavy atom. The Morgan fingerprint density at radius 2 is 1.88 bits per heavy atom. The highest BCUT2D eigenvalue weighted by Crippen LogP contribution is 2.31. The summed E-state index contributed by atoms with van der Waals surface area (Å²) in [5, 5.41) is 0. The second kappa shape index (κ2) is 7.31. The standard InChI is InChI=1S/C16H19F4NO3S/c1-25(23,24)10-11-3-2-8-21(9-11)15(22)14(17)12-4-6-13(7-5-12)16(18,19)20/h4-7,11,14H,2-3,8-10H2,1H3. The van der Waals surface area contributed by atoms with Gasteiger partial charge >= 0.3 is 6.18 Å². The van der Waals surface area contributed by atoms with Crippen LogP contribution in [0.5, 0.6) is 0 Å². The zero-order chi connectivity index (χ0) is 18.8. The molecule has 1 aliphatic heterocycles. The van der Waals surface area contributed by atoms with Crippen LogP contribution in [0.25, 0.3) is 0 Å². The predicted molar refractivity (Wildman–Crippen MR) is 84.3 cm³/mol. The monoisotopic (exact) mass is 381 g/mol. The van der Waals surface area contributed by atoms with Crippen LogP contribution in [0.4, 0.5) is 17.6 Å². The van der Waals surface area contributed by atoms with Gasteiger partial charge < -0.3 is 4.90 Å². The number of alkyl halides is 4. The Hall–Kier alpha value is -1.64. The smallest absolute Gasteiger partial charge is 0.340 e. The Labute approximate surface area is 143 Å². The van der Waals surface area contributed by atoms with Crippen molar-refractivity contribution in [2.24, 2.45) is 5.92 Å². The lowest BCUT2D eigenvalue weighted by atomic mass is 9.98. The molecule has 1 aromatic rings. The fourth-order valence-corrected chi connectivity index (χ4v) is 4.10. The molecule has 0 bridgehead atoms. The predicted octanol–water partition coefficient (Wildman–Crippen LogP) is 3.00. The summed E-state index contributed by atoms with van der Waals surface area (Å²) in [6.45, 7) is 0.438. The van der Waals surface area contributed by atoms with Crippen LogP contribution < -0.4 is 0 Å². The summed E-state index contributed by atoms with van der Waals surface area (Å²) in [5.74, 6) is -1.18. The molecule has 1 aliphatic rings. The molecule has 2 rings (SSSR count). The number of likely N-dealkylation sites (tertiary alicyclic amines) is 1. The van der Waals surface area contributed by atoms with Crippen LogP contribution in [0.1, 0.15) is 30.1 Å². The number of piperidine rings is 1. The van der Waals surface area contributed by atoms with Crippen LogP contribution in [-0.2, 0) is 20.8 Å². The Balaban J connectivity index is 2.06. The maximum atomic E-state index is 14.4. The first kappa shape index (κ1) is 19.7. The van der Waals surface area contributed by atoms with E-state index in [1.165, 1.54) is 4.90 Å². The van der Waals surface area contributed by atoms with Gasteiger partial charge in [0.2, 0.25) is 6.17 Å². The van der Waals surface area contributed by atoms with Crippen molar-refractivity contribution in [1.82, 2.24) is 4.90 Å². The van der Waals surface area contributed by atoms with Crippen LogP contribution >= 0.6 is 0 Å². The molecular weight excluding hydrogens is 362 g/mol. The molecule has 0 saturated carbocycles. The quantitative estimate of drug-likeness (QED) is 0.754. The van der Waals surface area contributed by atoms with Gasteiger partial charge in [0.25, 0.3) is 5.91 Å². The normalized spacial score (nSPS) is 20.4. The number of hydrogen-bond acceptors (Lipinski definition) is 3. The number of carbonyl (C=O) groups excluding carboxylic acids is 1. The van der Waals surface area contributed by atoms with Crippen molar-refractivity contribution in [1.29, 1.82) is 0 Å². The third kappa shape index (κ3) is 5.42. The van der Waals surface area contributed by atoms with Crippen LogP contribution in [0.3, 0.4) is 0 Å². The first-order valence-corrected chi connectivity index (χ1v) is 9.81. The van der Waals surface area contributed by atoms with Gasteiger partial charge in [-0.3, -0.25) is 4.79 Å². The minimum Gasteiger partial charge on any atom is -0.340 e. The van der Waals surface area contributed by atoms with Gasteiger partial charge in [-0.2, -0.15) is 13.2 Å². The van der Waals surface area contributed by atoms with Crippen LogP contribution in [0.15, 0.2) is 24.3 Å². The van der Waals surface area contributed by atoms with Gasteiger partial charge in [0.1, 0.15) is 9.84 Å². The number of carbonyl (C=O) groups is 1. The highest BCUT2D eigenvalue weighted by atomic mass is 32.2. The fraction of sp³-hybridized carbons (Fsp3) is 0.562. The molecule has 1 heterocycles. The van der Waals surface area contributed by atoms with Crippen LogP contribution in [-0.4, -0.2) is 44.3 Å². The van der Waals surface area contributed by atoms with E-state index in [0.29, 0.717) is 19.4 Å². The van der Waals surface area contributed by atoms with Gasteiger partial charge in [0.05, 0.1) is 11.3 Å². The van der Waals surface area contributed by atoms with Crippen molar-refractivity contribution in [3.05, 3.63) is 35.4 Å². The summed E-state index contributed by atoms with van der Waals surface area (Å²) in [5.41, 5.74) is -1.06. The molecule has 0 radical (unpaired) electrons. The van der Waals surface area contributed by atoms with Crippen molar-refractivity contribution >= 4 is 15.7 Å². The van der Waals surface area contributed by atoms with Crippen molar-refractivity contribution < 1.29 is 30.8 Å².